The van der Waals surface area contributed by atoms with Gasteiger partial charge in [0.1, 0.15) is 6.54 Å². The Morgan fingerprint density at radius 3 is 3.16 bits per heavy atom. The summed E-state index contributed by atoms with van der Waals surface area (Å²) in [6.07, 6.45) is 5.45. The molecule has 2 N–H and O–H groups in total. The lowest BCUT2D eigenvalue weighted by Gasteiger charge is -2.17. The van der Waals surface area contributed by atoms with Crippen molar-refractivity contribution in [3.8, 4) is 0 Å². The smallest absolute Gasteiger partial charge is 0.248 e. The molecule has 1 fully saturated rings. The molecule has 1 unspecified atom stereocenters. The molecule has 0 bridgehead atoms. The van der Waals surface area contributed by atoms with Crippen LogP contribution in [-0.4, -0.2) is 30.9 Å². The summed E-state index contributed by atoms with van der Waals surface area (Å²) >= 11 is 1.91. The van der Waals surface area contributed by atoms with E-state index >= 15 is 0 Å². The molecule has 0 spiro atoms. The summed E-state index contributed by atoms with van der Waals surface area (Å²) in [5, 5.41) is 12.3. The third-order valence-electron chi connectivity index (χ3n) is 3.04. The van der Waals surface area contributed by atoms with Crippen LogP contribution >= 0.6 is 11.8 Å². The minimum absolute atomic E-state index is 0.376. The van der Waals surface area contributed by atoms with E-state index in [-0.39, 0.29) is 0 Å². The van der Waals surface area contributed by atoms with Gasteiger partial charge in [0.25, 0.3) is 0 Å². The summed E-state index contributed by atoms with van der Waals surface area (Å²) in [6, 6.07) is 0. The Bertz CT molecular complexity index is 533. The molecule has 2 aromatic rings. The zero-order valence-corrected chi connectivity index (χ0v) is 11.3. The van der Waals surface area contributed by atoms with Crippen molar-refractivity contribution < 1.29 is 4.52 Å². The van der Waals surface area contributed by atoms with Gasteiger partial charge in [-0.3, -0.25) is 0 Å². The van der Waals surface area contributed by atoms with Crippen LogP contribution in [0.5, 0.6) is 0 Å². The van der Waals surface area contributed by atoms with E-state index in [2.05, 4.69) is 20.5 Å². The second-order valence-electron chi connectivity index (χ2n) is 4.51. The number of nitrogens with two attached hydrogens (primary N) is 1. The van der Waals surface area contributed by atoms with Crippen molar-refractivity contribution in [2.45, 2.75) is 37.6 Å². The Kier molecular flexibility index (Phi) is 3.79. The van der Waals surface area contributed by atoms with Gasteiger partial charge in [-0.25, -0.2) is 4.68 Å². The molecule has 7 nitrogen and oxygen atoms in total. The Balaban J connectivity index is 1.67. The highest BCUT2D eigenvalue weighted by Crippen LogP contribution is 2.36. The van der Waals surface area contributed by atoms with Crippen LogP contribution in [0.1, 0.15) is 41.9 Å². The van der Waals surface area contributed by atoms with Crippen LogP contribution in [0.2, 0.25) is 0 Å². The highest BCUT2D eigenvalue weighted by atomic mass is 32.2. The first-order valence-electron chi connectivity index (χ1n) is 6.38. The number of rotatable bonds is 4. The van der Waals surface area contributed by atoms with E-state index in [1.165, 1.54) is 18.6 Å². The molecular formula is C11H16N6OS. The summed E-state index contributed by atoms with van der Waals surface area (Å²) < 4.78 is 6.93. The Hall–Kier alpha value is -1.41. The molecule has 8 heteroatoms. The largest absolute Gasteiger partial charge is 0.337 e. The summed E-state index contributed by atoms with van der Waals surface area (Å²) in [6.45, 7) is 0.825. The van der Waals surface area contributed by atoms with E-state index in [1.54, 1.807) is 10.9 Å². The predicted molar refractivity (Wildman–Crippen MR) is 70.4 cm³/mol. The maximum Gasteiger partial charge on any atom is 0.248 e. The molecule has 0 amide bonds. The van der Waals surface area contributed by atoms with Crippen molar-refractivity contribution in [3.05, 3.63) is 23.6 Å². The normalized spacial score (nSPS) is 19.7. The van der Waals surface area contributed by atoms with E-state index in [1.807, 2.05) is 11.8 Å². The highest BCUT2D eigenvalue weighted by molar-refractivity contribution is 7.99. The molecule has 1 saturated heterocycles. The van der Waals surface area contributed by atoms with Crippen molar-refractivity contribution in [1.29, 1.82) is 0 Å². The van der Waals surface area contributed by atoms with E-state index < -0.39 is 0 Å². The molecule has 1 aliphatic heterocycles. The van der Waals surface area contributed by atoms with Crippen molar-refractivity contribution in [2.24, 2.45) is 5.73 Å². The first-order chi connectivity index (χ1) is 9.35. The number of hydrogen-bond donors (Lipinski definition) is 1. The van der Waals surface area contributed by atoms with Gasteiger partial charge >= 0.3 is 0 Å². The third kappa shape index (κ3) is 2.95. The third-order valence-corrected chi connectivity index (χ3v) is 4.42. The van der Waals surface area contributed by atoms with Crippen LogP contribution in [0, 0.1) is 0 Å². The summed E-state index contributed by atoms with van der Waals surface area (Å²) in [7, 11) is 0. The van der Waals surface area contributed by atoms with Crippen LogP contribution < -0.4 is 5.73 Å². The first kappa shape index (κ1) is 12.6. The van der Waals surface area contributed by atoms with Gasteiger partial charge in [0.15, 0.2) is 5.82 Å². The molecular weight excluding hydrogens is 264 g/mol. The molecule has 2 aromatic heterocycles. The van der Waals surface area contributed by atoms with Gasteiger partial charge in [0.05, 0.1) is 17.1 Å². The van der Waals surface area contributed by atoms with Crippen LogP contribution in [0.25, 0.3) is 0 Å². The maximum absolute atomic E-state index is 5.49. The molecule has 0 radical (unpaired) electrons. The second kappa shape index (κ2) is 5.70. The first-order valence-corrected chi connectivity index (χ1v) is 7.43. The standard InChI is InChI=1S/C11H16N6OS/c12-5-8-6-17(16-14-8)7-10-13-11(15-18-10)9-3-1-2-4-19-9/h6,9H,1-5,7,12H2. The average Bonchev–Trinajstić information content (AvgIpc) is 3.09. The minimum Gasteiger partial charge on any atom is -0.337 e. The van der Waals surface area contributed by atoms with Crippen LogP contribution in [-0.2, 0) is 13.1 Å². The van der Waals surface area contributed by atoms with Gasteiger partial charge in [0, 0.05) is 6.54 Å². The van der Waals surface area contributed by atoms with E-state index in [4.69, 9.17) is 10.3 Å². The minimum atomic E-state index is 0.376. The summed E-state index contributed by atoms with van der Waals surface area (Å²) in [5.74, 6) is 2.55. The lowest BCUT2D eigenvalue weighted by molar-refractivity contribution is 0.359. The number of thioether (sulfide) groups is 1. The average molecular weight is 280 g/mol. The van der Waals surface area contributed by atoms with Gasteiger partial charge < -0.3 is 10.3 Å². The Labute approximate surface area is 114 Å². The van der Waals surface area contributed by atoms with Gasteiger partial charge in [-0.1, -0.05) is 16.8 Å². The summed E-state index contributed by atoms with van der Waals surface area (Å²) in [5.41, 5.74) is 6.24. The van der Waals surface area contributed by atoms with E-state index in [0.29, 0.717) is 24.2 Å². The highest BCUT2D eigenvalue weighted by Gasteiger charge is 2.21. The number of nitrogens with zero attached hydrogens (tertiary/aromatic N) is 5. The lowest BCUT2D eigenvalue weighted by Crippen LogP contribution is -2.05. The quantitative estimate of drug-likeness (QED) is 0.896. The monoisotopic (exact) mass is 280 g/mol. The lowest BCUT2D eigenvalue weighted by atomic mass is 10.2. The van der Waals surface area contributed by atoms with Gasteiger partial charge in [-0.2, -0.15) is 16.7 Å². The fourth-order valence-electron chi connectivity index (χ4n) is 2.06. The summed E-state index contributed by atoms with van der Waals surface area (Å²) in [4.78, 5) is 4.45. The SMILES string of the molecule is NCc1cn(Cc2nc(C3CCCCS3)no2)nn1. The van der Waals surface area contributed by atoms with Crippen molar-refractivity contribution in [3.63, 3.8) is 0 Å². The van der Waals surface area contributed by atoms with Crippen LogP contribution in [0.15, 0.2) is 10.7 Å². The van der Waals surface area contributed by atoms with Crippen LogP contribution in [0.4, 0.5) is 0 Å². The van der Waals surface area contributed by atoms with Crippen LogP contribution in [0.3, 0.4) is 0 Å². The Morgan fingerprint density at radius 1 is 1.47 bits per heavy atom. The molecule has 102 valence electrons. The molecule has 0 saturated carbocycles. The molecule has 19 heavy (non-hydrogen) atoms. The molecule has 1 aliphatic rings. The Morgan fingerprint density at radius 2 is 2.42 bits per heavy atom. The fraction of sp³-hybridized carbons (Fsp3) is 0.636. The molecule has 3 rings (SSSR count). The predicted octanol–water partition coefficient (Wildman–Crippen LogP) is 1.13. The zero-order valence-electron chi connectivity index (χ0n) is 10.5. The second-order valence-corrected chi connectivity index (χ2v) is 5.82. The molecule has 3 heterocycles. The van der Waals surface area contributed by atoms with E-state index in [0.717, 1.165) is 17.9 Å². The molecule has 0 aliphatic carbocycles. The maximum atomic E-state index is 5.49. The van der Waals surface area contributed by atoms with Crippen molar-refractivity contribution in [1.82, 2.24) is 25.1 Å². The number of aromatic nitrogens is 5. The number of hydrogen-bond acceptors (Lipinski definition) is 7. The topological polar surface area (TPSA) is 95.7 Å². The van der Waals surface area contributed by atoms with Gasteiger partial charge in [0.2, 0.25) is 5.89 Å². The van der Waals surface area contributed by atoms with Gasteiger partial charge in [-0.05, 0) is 18.6 Å². The van der Waals surface area contributed by atoms with Crippen molar-refractivity contribution >= 4 is 11.8 Å². The van der Waals surface area contributed by atoms with Crippen molar-refractivity contribution in [2.75, 3.05) is 5.75 Å². The molecule has 0 aromatic carbocycles. The molecule has 1 atom stereocenters. The zero-order chi connectivity index (χ0) is 13.1. The van der Waals surface area contributed by atoms with Gasteiger partial charge in [-0.15, -0.1) is 5.10 Å². The fourth-order valence-corrected chi connectivity index (χ4v) is 3.29. The van der Waals surface area contributed by atoms with E-state index in [9.17, 15) is 0 Å².